The molecule has 0 unspecified atom stereocenters. The Morgan fingerprint density at radius 1 is 1.21 bits per heavy atom. The zero-order valence-corrected chi connectivity index (χ0v) is 17.5. The summed E-state index contributed by atoms with van der Waals surface area (Å²) in [5, 5.41) is 0. The van der Waals surface area contributed by atoms with Gasteiger partial charge in [0, 0.05) is 20.1 Å². The quantitative estimate of drug-likeness (QED) is 0.690. The Morgan fingerprint density at radius 2 is 1.93 bits per heavy atom. The molecule has 10 heteroatoms. The summed E-state index contributed by atoms with van der Waals surface area (Å²) in [7, 11) is -2.09. The number of likely N-dealkylation sites (tertiary alicyclic amines) is 1. The third kappa shape index (κ3) is 4.79. The van der Waals surface area contributed by atoms with Crippen LogP contribution in [0.5, 0.6) is 5.75 Å². The number of aromatic nitrogens is 1. The van der Waals surface area contributed by atoms with Gasteiger partial charge in [0.05, 0.1) is 16.8 Å². The molecule has 0 radical (unpaired) electrons. The zero-order valence-electron chi connectivity index (χ0n) is 15.9. The molecule has 0 aliphatic carbocycles. The van der Waals surface area contributed by atoms with Gasteiger partial charge in [0.1, 0.15) is 17.3 Å². The summed E-state index contributed by atoms with van der Waals surface area (Å²) in [6, 6.07) is 5.56. The lowest BCUT2D eigenvalue weighted by atomic mass is 10.3. The minimum absolute atomic E-state index is 0.398. The number of benzene rings is 1. The Morgan fingerprint density at radius 3 is 2.61 bits per heavy atom. The highest BCUT2D eigenvalue weighted by molar-refractivity contribution is 7.92. The van der Waals surface area contributed by atoms with Gasteiger partial charge in [-0.2, -0.15) is 4.99 Å². The first kappa shape index (κ1) is 20.5. The van der Waals surface area contributed by atoms with Gasteiger partial charge in [0.25, 0.3) is 5.91 Å². The fraction of sp³-hybridized carbons (Fsp3) is 0.500. The Bertz CT molecular complexity index is 1060. The molecule has 1 saturated heterocycles. The van der Waals surface area contributed by atoms with Crippen LogP contribution < -0.4 is 9.54 Å². The van der Waals surface area contributed by atoms with E-state index in [0.717, 1.165) is 28.8 Å². The average Bonchev–Trinajstić information content (AvgIpc) is 3.23. The Labute approximate surface area is 167 Å². The van der Waals surface area contributed by atoms with E-state index >= 15 is 0 Å². The van der Waals surface area contributed by atoms with E-state index in [1.54, 1.807) is 11.6 Å². The van der Waals surface area contributed by atoms with E-state index in [9.17, 15) is 18.0 Å². The lowest BCUT2D eigenvalue weighted by Gasteiger charge is -2.14. The highest BCUT2D eigenvalue weighted by Gasteiger charge is 2.26. The van der Waals surface area contributed by atoms with Gasteiger partial charge in [0.15, 0.2) is 14.6 Å². The van der Waals surface area contributed by atoms with Gasteiger partial charge in [-0.25, -0.2) is 8.42 Å². The number of carbonyl (C=O) groups excluding carboxylic acids is 2. The van der Waals surface area contributed by atoms with E-state index in [1.165, 1.54) is 16.2 Å². The number of hydrogen-bond acceptors (Lipinski definition) is 6. The predicted molar refractivity (Wildman–Crippen MR) is 107 cm³/mol. The van der Waals surface area contributed by atoms with Crippen LogP contribution in [0.15, 0.2) is 23.2 Å². The average molecular weight is 426 g/mol. The van der Waals surface area contributed by atoms with Crippen LogP contribution in [0.3, 0.4) is 0 Å². The predicted octanol–water partition coefficient (Wildman–Crippen LogP) is 1.10. The van der Waals surface area contributed by atoms with Gasteiger partial charge < -0.3 is 14.2 Å². The van der Waals surface area contributed by atoms with Gasteiger partial charge in [-0.15, -0.1) is 0 Å². The number of sulfone groups is 1. The number of aryl methyl sites for hydroxylation is 1. The number of amides is 2. The topological polar surface area (TPSA) is 98.0 Å². The van der Waals surface area contributed by atoms with Gasteiger partial charge >= 0.3 is 0 Å². The molecule has 1 aliphatic heterocycles. The van der Waals surface area contributed by atoms with Crippen LogP contribution in [0, 0.1) is 0 Å². The molecule has 0 bridgehead atoms. The number of nitrogens with zero attached hydrogens (tertiary/aromatic N) is 3. The standard InChI is InChI=1S/C18H23N3O5S2/c1-3-26-13-6-7-14-15(10-13)27-18(20(14)2)19-16(22)11-28(24,25)12-17(23)21-8-4-5-9-21/h6-7,10H,3-5,8-9,11-12H2,1-2H3. The van der Waals surface area contributed by atoms with Crippen molar-refractivity contribution in [3.63, 3.8) is 0 Å². The van der Waals surface area contributed by atoms with Crippen molar-refractivity contribution < 1.29 is 22.7 Å². The number of carbonyl (C=O) groups is 2. The lowest BCUT2D eigenvalue weighted by Crippen LogP contribution is -2.35. The number of hydrogen-bond donors (Lipinski definition) is 0. The minimum atomic E-state index is -3.85. The summed E-state index contributed by atoms with van der Waals surface area (Å²) < 4.78 is 32.5. The first-order valence-electron chi connectivity index (χ1n) is 9.07. The molecule has 2 aromatic rings. The molecule has 8 nitrogen and oxygen atoms in total. The Balaban J connectivity index is 1.76. The van der Waals surface area contributed by atoms with E-state index in [0.29, 0.717) is 24.5 Å². The van der Waals surface area contributed by atoms with Crippen molar-refractivity contribution in [2.45, 2.75) is 19.8 Å². The first-order valence-corrected chi connectivity index (χ1v) is 11.7. The minimum Gasteiger partial charge on any atom is -0.494 e. The molecular weight excluding hydrogens is 402 g/mol. The third-order valence-corrected chi connectivity index (χ3v) is 6.93. The third-order valence-electron chi connectivity index (χ3n) is 4.46. The van der Waals surface area contributed by atoms with Crippen molar-refractivity contribution in [1.82, 2.24) is 9.47 Å². The summed E-state index contributed by atoms with van der Waals surface area (Å²) in [5.41, 5.74) is 0.868. The number of ether oxygens (including phenoxy) is 1. The van der Waals surface area contributed by atoms with Crippen LogP contribution in [0.2, 0.25) is 0 Å². The molecule has 1 aliphatic rings. The van der Waals surface area contributed by atoms with Crippen LogP contribution in [0.25, 0.3) is 10.2 Å². The summed E-state index contributed by atoms with van der Waals surface area (Å²) in [6.07, 6.45) is 1.76. The normalized spacial score (nSPS) is 15.4. The second-order valence-corrected chi connectivity index (χ2v) is 9.71. The van der Waals surface area contributed by atoms with Crippen molar-refractivity contribution in [3.05, 3.63) is 23.0 Å². The van der Waals surface area contributed by atoms with E-state index < -0.39 is 33.2 Å². The van der Waals surface area contributed by atoms with Crippen molar-refractivity contribution in [3.8, 4) is 5.75 Å². The zero-order chi connectivity index (χ0) is 20.3. The molecule has 3 rings (SSSR count). The van der Waals surface area contributed by atoms with Crippen LogP contribution in [0.4, 0.5) is 0 Å². The van der Waals surface area contributed by atoms with Gasteiger partial charge in [-0.3, -0.25) is 9.59 Å². The molecule has 0 saturated carbocycles. The molecule has 2 heterocycles. The Hall–Kier alpha value is -2.20. The van der Waals surface area contributed by atoms with Crippen molar-refractivity contribution >= 4 is 43.2 Å². The molecule has 1 aromatic heterocycles. The molecule has 2 amide bonds. The maximum absolute atomic E-state index is 12.2. The first-order chi connectivity index (χ1) is 13.3. The number of rotatable bonds is 6. The van der Waals surface area contributed by atoms with E-state index in [4.69, 9.17) is 4.74 Å². The molecule has 0 atom stereocenters. The van der Waals surface area contributed by atoms with Crippen molar-refractivity contribution in [1.29, 1.82) is 0 Å². The molecule has 1 fully saturated rings. The second-order valence-electron chi connectivity index (χ2n) is 6.63. The molecule has 0 spiro atoms. The summed E-state index contributed by atoms with van der Waals surface area (Å²) in [5.74, 6) is -1.92. The van der Waals surface area contributed by atoms with Crippen LogP contribution in [-0.2, 0) is 26.5 Å². The molecule has 28 heavy (non-hydrogen) atoms. The maximum atomic E-state index is 12.2. The monoisotopic (exact) mass is 425 g/mol. The Kier molecular flexibility index (Phi) is 6.19. The highest BCUT2D eigenvalue weighted by Crippen LogP contribution is 2.22. The molecule has 0 N–H and O–H groups in total. The fourth-order valence-corrected chi connectivity index (χ4v) is 5.27. The highest BCUT2D eigenvalue weighted by atomic mass is 32.2. The SMILES string of the molecule is CCOc1ccc2c(c1)sc(=NC(=O)CS(=O)(=O)CC(=O)N1CCCC1)n2C. The second kappa shape index (κ2) is 8.44. The number of fused-ring (bicyclic) bond motifs is 1. The van der Waals surface area contributed by atoms with Crippen molar-refractivity contribution in [2.24, 2.45) is 12.0 Å². The summed E-state index contributed by atoms with van der Waals surface area (Å²) in [6.45, 7) is 3.60. The number of thiazole rings is 1. The molecule has 1 aromatic carbocycles. The fourth-order valence-electron chi connectivity index (χ4n) is 3.10. The van der Waals surface area contributed by atoms with Gasteiger partial charge in [-0.05, 0) is 38.0 Å². The van der Waals surface area contributed by atoms with E-state index in [-0.39, 0.29) is 0 Å². The largest absolute Gasteiger partial charge is 0.494 e. The lowest BCUT2D eigenvalue weighted by molar-refractivity contribution is -0.127. The van der Waals surface area contributed by atoms with Gasteiger partial charge in [-0.1, -0.05) is 11.3 Å². The van der Waals surface area contributed by atoms with E-state index in [1.807, 2.05) is 25.1 Å². The van der Waals surface area contributed by atoms with Crippen LogP contribution in [0.1, 0.15) is 19.8 Å². The molecule has 152 valence electrons. The van der Waals surface area contributed by atoms with Crippen LogP contribution >= 0.6 is 11.3 Å². The maximum Gasteiger partial charge on any atom is 0.263 e. The van der Waals surface area contributed by atoms with Crippen LogP contribution in [-0.4, -0.2) is 60.9 Å². The summed E-state index contributed by atoms with van der Waals surface area (Å²) >= 11 is 1.28. The summed E-state index contributed by atoms with van der Waals surface area (Å²) in [4.78, 5) is 30.2. The smallest absolute Gasteiger partial charge is 0.263 e. The van der Waals surface area contributed by atoms with E-state index in [2.05, 4.69) is 4.99 Å². The molecular formula is C18H23N3O5S2. The van der Waals surface area contributed by atoms with Crippen molar-refractivity contribution in [2.75, 3.05) is 31.2 Å². The van der Waals surface area contributed by atoms with Gasteiger partial charge in [0.2, 0.25) is 5.91 Å².